The Kier molecular flexibility index (Phi) is 5.34. The van der Waals surface area contributed by atoms with Gasteiger partial charge in [-0.25, -0.2) is 8.42 Å². The highest BCUT2D eigenvalue weighted by atomic mass is 32.2. The van der Waals surface area contributed by atoms with E-state index in [1.165, 1.54) is 4.31 Å². The molecule has 4 aromatic carbocycles. The maximum Gasteiger partial charge on any atom is 0.243 e. The molecule has 4 rings (SSSR count). The summed E-state index contributed by atoms with van der Waals surface area (Å²) in [5.74, 6) is 1.41. The third-order valence-corrected chi connectivity index (χ3v) is 6.51. The predicted molar refractivity (Wildman–Crippen MR) is 116 cm³/mol. The largest absolute Gasteiger partial charge is 0.457 e. The second-order valence-electron chi connectivity index (χ2n) is 6.83. The summed E-state index contributed by atoms with van der Waals surface area (Å²) in [6.45, 7) is 0.251. The molecule has 0 unspecified atom stereocenters. The molecule has 0 aliphatic carbocycles. The second-order valence-corrected chi connectivity index (χ2v) is 8.88. The highest BCUT2D eigenvalue weighted by Crippen LogP contribution is 2.25. The van der Waals surface area contributed by atoms with E-state index >= 15 is 0 Å². The zero-order valence-electron chi connectivity index (χ0n) is 16.0. The monoisotopic (exact) mass is 403 g/mol. The van der Waals surface area contributed by atoms with Crippen LogP contribution < -0.4 is 4.74 Å². The van der Waals surface area contributed by atoms with Crippen molar-refractivity contribution in [2.75, 3.05) is 7.05 Å². The summed E-state index contributed by atoms with van der Waals surface area (Å²) in [5, 5.41) is 1.92. The first-order valence-electron chi connectivity index (χ1n) is 9.29. The van der Waals surface area contributed by atoms with Gasteiger partial charge in [-0.05, 0) is 52.7 Å². The molecule has 29 heavy (non-hydrogen) atoms. The number of ether oxygens (including phenoxy) is 1. The topological polar surface area (TPSA) is 46.6 Å². The van der Waals surface area contributed by atoms with Crippen LogP contribution in [0.5, 0.6) is 11.5 Å². The molecule has 5 heteroatoms. The number of sulfonamides is 1. The van der Waals surface area contributed by atoms with Crippen molar-refractivity contribution in [2.24, 2.45) is 0 Å². The first kappa shape index (κ1) is 19.2. The molecular weight excluding hydrogens is 382 g/mol. The fourth-order valence-corrected chi connectivity index (χ4v) is 4.38. The Morgan fingerprint density at radius 2 is 1.41 bits per heavy atom. The van der Waals surface area contributed by atoms with E-state index in [2.05, 4.69) is 0 Å². The van der Waals surface area contributed by atoms with Gasteiger partial charge in [0.15, 0.2) is 0 Å². The van der Waals surface area contributed by atoms with Crippen LogP contribution in [-0.4, -0.2) is 19.8 Å². The van der Waals surface area contributed by atoms with Gasteiger partial charge in [0.05, 0.1) is 4.90 Å². The van der Waals surface area contributed by atoms with Crippen molar-refractivity contribution in [3.05, 3.63) is 103 Å². The molecule has 0 atom stereocenters. The van der Waals surface area contributed by atoms with E-state index in [0.717, 1.165) is 22.1 Å². The number of benzene rings is 4. The zero-order chi connectivity index (χ0) is 20.3. The minimum absolute atomic E-state index is 0.251. The van der Waals surface area contributed by atoms with E-state index in [1.54, 1.807) is 19.2 Å². The van der Waals surface area contributed by atoms with Crippen molar-refractivity contribution in [3.63, 3.8) is 0 Å². The molecule has 4 nitrogen and oxygen atoms in total. The van der Waals surface area contributed by atoms with Crippen LogP contribution >= 0.6 is 0 Å². The van der Waals surface area contributed by atoms with Crippen LogP contribution in [0.3, 0.4) is 0 Å². The lowest BCUT2D eigenvalue weighted by molar-refractivity contribution is 0.461. The Labute approximate surface area is 171 Å². The summed E-state index contributed by atoms with van der Waals surface area (Å²) < 4.78 is 33.3. The normalized spacial score (nSPS) is 11.7. The van der Waals surface area contributed by atoms with Crippen molar-refractivity contribution in [3.8, 4) is 11.5 Å². The second kappa shape index (κ2) is 8.07. The lowest BCUT2D eigenvalue weighted by atomic mass is 10.1. The minimum Gasteiger partial charge on any atom is -0.457 e. The lowest BCUT2D eigenvalue weighted by Gasteiger charge is -2.18. The Morgan fingerprint density at radius 1 is 0.724 bits per heavy atom. The third-order valence-electron chi connectivity index (χ3n) is 4.71. The Bertz CT molecular complexity index is 1240. The fourth-order valence-electron chi connectivity index (χ4n) is 3.18. The summed E-state index contributed by atoms with van der Waals surface area (Å²) in [4.78, 5) is 0.287. The molecule has 0 saturated carbocycles. The number of hydrogen-bond donors (Lipinski definition) is 0. The van der Waals surface area contributed by atoms with E-state index in [4.69, 9.17) is 4.74 Å². The van der Waals surface area contributed by atoms with Gasteiger partial charge in [-0.15, -0.1) is 0 Å². The van der Waals surface area contributed by atoms with E-state index in [1.807, 2.05) is 84.9 Å². The Hall–Kier alpha value is -3.15. The van der Waals surface area contributed by atoms with Gasteiger partial charge in [-0.3, -0.25) is 0 Å². The molecule has 0 radical (unpaired) electrons. The Balaban J connectivity index is 1.54. The van der Waals surface area contributed by atoms with Gasteiger partial charge >= 0.3 is 0 Å². The van der Waals surface area contributed by atoms with Gasteiger partial charge in [0.25, 0.3) is 0 Å². The van der Waals surface area contributed by atoms with E-state index in [9.17, 15) is 8.42 Å². The summed E-state index contributed by atoms with van der Waals surface area (Å²) in [6, 6.07) is 29.9. The van der Waals surface area contributed by atoms with Gasteiger partial charge in [0.1, 0.15) is 11.5 Å². The molecule has 0 saturated heterocycles. The molecule has 0 amide bonds. The standard InChI is InChI=1S/C24H21NO3S/c1-25(29(26,27)24-15-14-20-9-5-6-10-21(20)17-24)18-19-8-7-13-23(16-19)28-22-11-3-2-4-12-22/h2-17H,18H2,1H3. The lowest BCUT2D eigenvalue weighted by Crippen LogP contribution is -2.26. The molecule has 0 bridgehead atoms. The maximum absolute atomic E-state index is 13.1. The number of fused-ring (bicyclic) bond motifs is 1. The minimum atomic E-state index is -3.61. The molecular formula is C24H21NO3S. The van der Waals surface area contributed by atoms with Crippen molar-refractivity contribution in [1.29, 1.82) is 0 Å². The summed E-state index contributed by atoms with van der Waals surface area (Å²) in [6.07, 6.45) is 0. The molecule has 146 valence electrons. The van der Waals surface area contributed by atoms with Crippen LogP contribution in [0.4, 0.5) is 0 Å². The first-order valence-corrected chi connectivity index (χ1v) is 10.7. The third kappa shape index (κ3) is 4.31. The average molecular weight is 404 g/mol. The van der Waals surface area contributed by atoms with Crippen molar-refractivity contribution in [1.82, 2.24) is 4.31 Å². The van der Waals surface area contributed by atoms with E-state index < -0.39 is 10.0 Å². The van der Waals surface area contributed by atoms with Crippen LogP contribution in [0.25, 0.3) is 10.8 Å². The zero-order valence-corrected chi connectivity index (χ0v) is 16.8. The Morgan fingerprint density at radius 3 is 2.21 bits per heavy atom. The average Bonchev–Trinajstić information content (AvgIpc) is 2.74. The highest BCUT2D eigenvalue weighted by molar-refractivity contribution is 7.89. The van der Waals surface area contributed by atoms with Gasteiger partial charge in [0.2, 0.25) is 10.0 Å². The smallest absolute Gasteiger partial charge is 0.243 e. The number of nitrogens with zero attached hydrogens (tertiary/aromatic N) is 1. The van der Waals surface area contributed by atoms with Crippen LogP contribution in [0.15, 0.2) is 102 Å². The van der Waals surface area contributed by atoms with Crippen molar-refractivity contribution >= 4 is 20.8 Å². The van der Waals surface area contributed by atoms with E-state index in [-0.39, 0.29) is 11.4 Å². The highest BCUT2D eigenvalue weighted by Gasteiger charge is 2.21. The summed E-state index contributed by atoms with van der Waals surface area (Å²) >= 11 is 0. The SMILES string of the molecule is CN(Cc1cccc(Oc2ccccc2)c1)S(=O)(=O)c1ccc2ccccc2c1. The van der Waals surface area contributed by atoms with Crippen LogP contribution in [-0.2, 0) is 16.6 Å². The molecule has 0 spiro atoms. The number of para-hydroxylation sites is 1. The molecule has 0 aliphatic rings. The number of hydrogen-bond acceptors (Lipinski definition) is 3. The quantitative estimate of drug-likeness (QED) is 0.430. The molecule has 0 aliphatic heterocycles. The van der Waals surface area contributed by atoms with Crippen LogP contribution in [0, 0.1) is 0 Å². The van der Waals surface area contributed by atoms with Gasteiger partial charge < -0.3 is 4.74 Å². The first-order chi connectivity index (χ1) is 14.0. The van der Waals surface area contributed by atoms with Gasteiger partial charge in [-0.2, -0.15) is 4.31 Å². The fraction of sp³-hybridized carbons (Fsp3) is 0.0833. The van der Waals surface area contributed by atoms with Crippen molar-refractivity contribution < 1.29 is 13.2 Å². The maximum atomic E-state index is 13.1. The molecule has 0 fully saturated rings. The molecule has 4 aromatic rings. The van der Waals surface area contributed by atoms with E-state index in [0.29, 0.717) is 5.75 Å². The van der Waals surface area contributed by atoms with Gasteiger partial charge in [0, 0.05) is 13.6 Å². The van der Waals surface area contributed by atoms with Crippen molar-refractivity contribution in [2.45, 2.75) is 11.4 Å². The molecule has 0 aromatic heterocycles. The summed E-state index contributed by atoms with van der Waals surface area (Å²) in [7, 11) is -2.02. The number of rotatable bonds is 6. The van der Waals surface area contributed by atoms with Crippen LogP contribution in [0.2, 0.25) is 0 Å². The van der Waals surface area contributed by atoms with Gasteiger partial charge in [-0.1, -0.05) is 60.7 Å². The molecule has 0 N–H and O–H groups in total. The van der Waals surface area contributed by atoms with Crippen LogP contribution in [0.1, 0.15) is 5.56 Å². The predicted octanol–water partition coefficient (Wildman–Crippen LogP) is 5.45. The molecule has 0 heterocycles. The summed E-state index contributed by atoms with van der Waals surface area (Å²) in [5.41, 5.74) is 0.852.